The van der Waals surface area contributed by atoms with Crippen molar-refractivity contribution < 1.29 is 24.5 Å². The van der Waals surface area contributed by atoms with Crippen LogP contribution in [0.3, 0.4) is 0 Å². The Hall–Kier alpha value is -1.34. The van der Waals surface area contributed by atoms with Crippen molar-refractivity contribution in [2.75, 3.05) is 40.4 Å². The number of urea groups is 1. The van der Waals surface area contributed by atoms with Gasteiger partial charge < -0.3 is 24.7 Å². The number of aliphatic carboxylic acids is 1. The Kier molecular flexibility index (Phi) is 6.04. The van der Waals surface area contributed by atoms with E-state index in [9.17, 15) is 14.7 Å². The first kappa shape index (κ1) is 15.7. The number of rotatable bonds is 7. The van der Waals surface area contributed by atoms with Gasteiger partial charge in [0.25, 0.3) is 0 Å². The highest BCUT2D eigenvalue weighted by atomic mass is 16.5. The molecule has 0 heterocycles. The topological polar surface area (TPSA) is 90.3 Å². The molecule has 0 aromatic carbocycles. The molecule has 0 atom stereocenters. The number of aliphatic hydroxyl groups excluding tert-OH is 1. The van der Waals surface area contributed by atoms with Gasteiger partial charge in [-0.05, 0) is 18.8 Å². The number of carboxylic acids is 1. The molecule has 19 heavy (non-hydrogen) atoms. The molecule has 7 heteroatoms. The zero-order valence-corrected chi connectivity index (χ0v) is 11.4. The van der Waals surface area contributed by atoms with E-state index in [0.29, 0.717) is 31.9 Å². The van der Waals surface area contributed by atoms with Crippen LogP contribution in [0, 0.1) is 5.92 Å². The molecule has 0 aliphatic heterocycles. The van der Waals surface area contributed by atoms with Gasteiger partial charge in [0.1, 0.15) is 6.54 Å². The van der Waals surface area contributed by atoms with Gasteiger partial charge >= 0.3 is 12.0 Å². The van der Waals surface area contributed by atoms with Crippen LogP contribution in [0.4, 0.5) is 4.79 Å². The third-order valence-electron chi connectivity index (χ3n) is 3.23. The molecule has 2 N–H and O–H groups in total. The van der Waals surface area contributed by atoms with E-state index >= 15 is 0 Å². The third-order valence-corrected chi connectivity index (χ3v) is 3.23. The predicted molar refractivity (Wildman–Crippen MR) is 67.8 cm³/mol. The summed E-state index contributed by atoms with van der Waals surface area (Å²) in [6.07, 6.45) is 1.15. The first-order valence-electron chi connectivity index (χ1n) is 6.32. The maximum absolute atomic E-state index is 12.1. The minimum absolute atomic E-state index is 0.249. The number of ether oxygens (including phenoxy) is 1. The Balaban J connectivity index is 2.46. The lowest BCUT2D eigenvalue weighted by molar-refractivity contribution is -0.137. The number of nitrogens with zero attached hydrogens (tertiary/aromatic N) is 2. The molecule has 1 rings (SSSR count). The average Bonchev–Trinajstić information content (AvgIpc) is 2.31. The first-order valence-corrected chi connectivity index (χ1v) is 6.32. The fourth-order valence-corrected chi connectivity index (χ4v) is 2.16. The second kappa shape index (κ2) is 7.30. The molecule has 1 saturated carbocycles. The minimum atomic E-state index is -1.04. The maximum atomic E-state index is 12.1. The van der Waals surface area contributed by atoms with Crippen LogP contribution in [-0.4, -0.2) is 78.5 Å². The Bertz CT molecular complexity index is 317. The predicted octanol–water partition coefficient (Wildman–Crippen LogP) is -0.158. The van der Waals surface area contributed by atoms with Gasteiger partial charge in [0.05, 0.1) is 12.7 Å². The van der Waals surface area contributed by atoms with Crippen molar-refractivity contribution in [2.24, 2.45) is 5.92 Å². The maximum Gasteiger partial charge on any atom is 0.323 e. The second-order valence-electron chi connectivity index (χ2n) is 4.96. The number of carbonyl (C=O) groups excluding carboxylic acids is 1. The monoisotopic (exact) mass is 274 g/mol. The van der Waals surface area contributed by atoms with E-state index in [2.05, 4.69) is 0 Å². The highest BCUT2D eigenvalue weighted by Crippen LogP contribution is 2.27. The molecule has 110 valence electrons. The molecular formula is C12H22N2O5. The van der Waals surface area contributed by atoms with Crippen LogP contribution in [0.25, 0.3) is 0 Å². The Morgan fingerprint density at radius 1 is 1.37 bits per heavy atom. The smallest absolute Gasteiger partial charge is 0.323 e. The fourth-order valence-electron chi connectivity index (χ4n) is 2.16. The summed E-state index contributed by atoms with van der Waals surface area (Å²) >= 11 is 0. The van der Waals surface area contributed by atoms with E-state index in [4.69, 9.17) is 9.84 Å². The van der Waals surface area contributed by atoms with Gasteiger partial charge in [-0.3, -0.25) is 4.79 Å². The van der Waals surface area contributed by atoms with Gasteiger partial charge in [-0.15, -0.1) is 0 Å². The van der Waals surface area contributed by atoms with E-state index in [-0.39, 0.29) is 25.2 Å². The Labute approximate surface area is 112 Å². The van der Waals surface area contributed by atoms with Crippen LogP contribution < -0.4 is 0 Å². The lowest BCUT2D eigenvalue weighted by atomic mass is 9.82. The molecule has 0 saturated heterocycles. The normalized spacial score (nSPS) is 21.6. The standard InChI is InChI=1S/C12H22N2O5/c1-13(7-9-5-10(15)6-9)12(18)14(3-4-19-2)8-11(16)17/h9-10,15H,3-8H2,1-2H3,(H,16,17). The van der Waals surface area contributed by atoms with Gasteiger partial charge in [-0.1, -0.05) is 0 Å². The highest BCUT2D eigenvalue weighted by Gasteiger charge is 2.30. The van der Waals surface area contributed by atoms with Gasteiger partial charge in [0.2, 0.25) is 0 Å². The third kappa shape index (κ3) is 5.04. The fraction of sp³-hybridized carbons (Fsp3) is 0.833. The zero-order valence-electron chi connectivity index (χ0n) is 11.4. The number of aliphatic hydroxyl groups is 1. The van der Waals surface area contributed by atoms with Gasteiger partial charge in [-0.2, -0.15) is 0 Å². The zero-order chi connectivity index (χ0) is 14.4. The van der Waals surface area contributed by atoms with Crippen LogP contribution in [0.15, 0.2) is 0 Å². The second-order valence-corrected chi connectivity index (χ2v) is 4.96. The SMILES string of the molecule is COCCN(CC(=O)O)C(=O)N(C)CC1CC(O)C1. The van der Waals surface area contributed by atoms with Crippen molar-refractivity contribution >= 4 is 12.0 Å². The largest absolute Gasteiger partial charge is 0.480 e. The van der Waals surface area contributed by atoms with Crippen molar-refractivity contribution in [2.45, 2.75) is 18.9 Å². The Morgan fingerprint density at radius 3 is 2.47 bits per heavy atom. The molecule has 0 aromatic heterocycles. The summed E-state index contributed by atoms with van der Waals surface area (Å²) in [6.45, 7) is 0.757. The van der Waals surface area contributed by atoms with E-state index in [1.807, 2.05) is 0 Å². The number of amides is 2. The van der Waals surface area contributed by atoms with Gasteiger partial charge in [0.15, 0.2) is 0 Å². The quantitative estimate of drug-likeness (QED) is 0.673. The van der Waals surface area contributed by atoms with E-state index in [1.165, 1.54) is 16.9 Å². The van der Waals surface area contributed by atoms with Crippen LogP contribution in [0.2, 0.25) is 0 Å². The number of hydrogen-bond donors (Lipinski definition) is 2. The summed E-state index contributed by atoms with van der Waals surface area (Å²) in [4.78, 5) is 25.6. The average molecular weight is 274 g/mol. The van der Waals surface area contributed by atoms with Crippen LogP contribution >= 0.6 is 0 Å². The van der Waals surface area contributed by atoms with Crippen molar-refractivity contribution in [3.05, 3.63) is 0 Å². The molecule has 7 nitrogen and oxygen atoms in total. The van der Waals surface area contributed by atoms with Crippen molar-refractivity contribution in [3.8, 4) is 0 Å². The number of carboxylic acid groups (broad SMARTS) is 1. The van der Waals surface area contributed by atoms with E-state index in [0.717, 1.165) is 0 Å². The van der Waals surface area contributed by atoms with Crippen molar-refractivity contribution in [3.63, 3.8) is 0 Å². The van der Waals surface area contributed by atoms with Crippen molar-refractivity contribution in [1.82, 2.24) is 9.80 Å². The van der Waals surface area contributed by atoms with Crippen LogP contribution in [0.5, 0.6) is 0 Å². The highest BCUT2D eigenvalue weighted by molar-refractivity contribution is 5.80. The van der Waals surface area contributed by atoms with Crippen LogP contribution in [0.1, 0.15) is 12.8 Å². The minimum Gasteiger partial charge on any atom is -0.480 e. The van der Waals surface area contributed by atoms with Gasteiger partial charge in [0, 0.05) is 27.2 Å². The molecule has 1 aliphatic rings. The lowest BCUT2D eigenvalue weighted by Gasteiger charge is -2.36. The summed E-state index contributed by atoms with van der Waals surface area (Å²) < 4.78 is 4.87. The number of methoxy groups -OCH3 is 1. The van der Waals surface area contributed by atoms with E-state index in [1.54, 1.807) is 7.05 Å². The summed E-state index contributed by atoms with van der Waals surface area (Å²) in [6, 6.07) is -0.319. The summed E-state index contributed by atoms with van der Waals surface area (Å²) in [5.74, 6) is -0.741. The van der Waals surface area contributed by atoms with Crippen molar-refractivity contribution in [1.29, 1.82) is 0 Å². The Morgan fingerprint density at radius 2 is 2.00 bits per heavy atom. The molecule has 0 unspecified atom stereocenters. The molecule has 1 aliphatic carbocycles. The molecule has 0 bridgehead atoms. The summed E-state index contributed by atoms with van der Waals surface area (Å²) in [7, 11) is 3.15. The number of carbonyl (C=O) groups is 2. The lowest BCUT2D eigenvalue weighted by Crippen LogP contribution is -2.48. The summed E-state index contributed by atoms with van der Waals surface area (Å²) in [5.41, 5.74) is 0. The summed E-state index contributed by atoms with van der Waals surface area (Å²) in [5, 5.41) is 18.0. The number of hydrogen-bond acceptors (Lipinski definition) is 4. The molecule has 2 amide bonds. The molecular weight excluding hydrogens is 252 g/mol. The van der Waals surface area contributed by atoms with Gasteiger partial charge in [-0.25, -0.2) is 4.79 Å². The molecule has 0 spiro atoms. The van der Waals surface area contributed by atoms with E-state index < -0.39 is 5.97 Å². The first-order chi connectivity index (χ1) is 8.93. The molecule has 0 aromatic rings. The molecule has 0 radical (unpaired) electrons. The molecule has 1 fully saturated rings. The van der Waals surface area contributed by atoms with Crippen LogP contribution in [-0.2, 0) is 9.53 Å².